The Morgan fingerprint density at radius 2 is 2.11 bits per heavy atom. The molecule has 2 unspecified atom stereocenters. The van der Waals surface area contributed by atoms with Crippen LogP contribution in [-0.4, -0.2) is 17.7 Å². The molecule has 0 amide bonds. The topological polar surface area (TPSA) is 86.2 Å². The molecular formula is C13H23ClN4O. The van der Waals surface area contributed by atoms with Gasteiger partial charge in [-0.15, -0.1) is 0 Å². The van der Waals surface area contributed by atoms with E-state index in [1.165, 1.54) is 6.20 Å². The van der Waals surface area contributed by atoms with E-state index in [4.69, 9.17) is 27.9 Å². The highest BCUT2D eigenvalue weighted by Gasteiger charge is 2.34. The van der Waals surface area contributed by atoms with Crippen molar-refractivity contribution in [2.75, 3.05) is 12.3 Å². The molecule has 5 N–H and O–H groups in total. The summed E-state index contributed by atoms with van der Waals surface area (Å²) in [5.41, 5.74) is 9.34. The highest BCUT2D eigenvalue weighted by molar-refractivity contribution is 6.30. The zero-order valence-electron chi connectivity index (χ0n) is 11.9. The van der Waals surface area contributed by atoms with Gasteiger partial charge in [-0.05, 0) is 18.4 Å². The van der Waals surface area contributed by atoms with Crippen LogP contribution in [0.2, 0.25) is 5.02 Å². The van der Waals surface area contributed by atoms with Crippen LogP contribution in [-0.2, 0) is 4.74 Å². The molecule has 0 aliphatic carbocycles. The van der Waals surface area contributed by atoms with E-state index in [0.29, 0.717) is 17.4 Å². The van der Waals surface area contributed by atoms with Crippen LogP contribution in [0.25, 0.3) is 0 Å². The number of aromatic nitrogens is 1. The summed E-state index contributed by atoms with van der Waals surface area (Å²) in [5.74, 6) is 6.10. The molecule has 1 aromatic rings. The van der Waals surface area contributed by atoms with Crippen molar-refractivity contribution in [2.24, 2.45) is 11.3 Å². The highest BCUT2D eigenvalue weighted by Crippen LogP contribution is 2.34. The van der Waals surface area contributed by atoms with Crippen LogP contribution in [0.15, 0.2) is 12.3 Å². The molecule has 0 aliphatic rings. The summed E-state index contributed by atoms with van der Waals surface area (Å²) in [5, 5.41) is 0.522. The van der Waals surface area contributed by atoms with E-state index in [9.17, 15) is 0 Å². The summed E-state index contributed by atoms with van der Waals surface area (Å²) in [6.07, 6.45) is 1.37. The third-order valence-electron chi connectivity index (χ3n) is 2.93. The zero-order chi connectivity index (χ0) is 14.6. The highest BCUT2D eigenvalue weighted by atomic mass is 35.5. The van der Waals surface area contributed by atoms with Gasteiger partial charge in [-0.3, -0.25) is 11.3 Å². The van der Waals surface area contributed by atoms with Crippen LogP contribution in [0, 0.1) is 5.41 Å². The van der Waals surface area contributed by atoms with Crippen molar-refractivity contribution in [3.8, 4) is 0 Å². The van der Waals surface area contributed by atoms with Crippen molar-refractivity contribution >= 4 is 17.4 Å². The van der Waals surface area contributed by atoms with Gasteiger partial charge in [0.15, 0.2) is 0 Å². The first-order valence-electron chi connectivity index (χ1n) is 6.30. The maximum absolute atomic E-state index is 5.99. The molecule has 0 aliphatic heterocycles. The van der Waals surface area contributed by atoms with Gasteiger partial charge in [-0.1, -0.05) is 32.4 Å². The lowest BCUT2D eigenvalue weighted by Crippen LogP contribution is -2.45. The van der Waals surface area contributed by atoms with E-state index in [0.717, 1.165) is 5.56 Å². The average molecular weight is 287 g/mol. The quantitative estimate of drug-likeness (QED) is 0.571. The summed E-state index contributed by atoms with van der Waals surface area (Å²) in [6.45, 7) is 8.81. The third-order valence-corrected chi connectivity index (χ3v) is 3.14. The minimum absolute atomic E-state index is 0.109. The van der Waals surface area contributed by atoms with Gasteiger partial charge in [0.25, 0.3) is 0 Å². The normalized spacial score (nSPS) is 15.3. The predicted molar refractivity (Wildman–Crippen MR) is 78.6 cm³/mol. The van der Waals surface area contributed by atoms with Crippen LogP contribution in [0.3, 0.4) is 0 Å². The van der Waals surface area contributed by atoms with Crippen molar-refractivity contribution in [3.05, 3.63) is 22.8 Å². The van der Waals surface area contributed by atoms with Crippen LogP contribution in [0.5, 0.6) is 0 Å². The number of nitrogen functional groups attached to an aromatic ring is 1. The summed E-state index contributed by atoms with van der Waals surface area (Å²) in [4.78, 5) is 4.07. The van der Waals surface area contributed by atoms with E-state index < -0.39 is 0 Å². The van der Waals surface area contributed by atoms with Gasteiger partial charge >= 0.3 is 0 Å². The van der Waals surface area contributed by atoms with E-state index in [-0.39, 0.29) is 17.6 Å². The van der Waals surface area contributed by atoms with Crippen molar-refractivity contribution < 1.29 is 4.74 Å². The number of hydrogen-bond acceptors (Lipinski definition) is 5. The molecule has 1 heterocycles. The maximum atomic E-state index is 5.99. The van der Waals surface area contributed by atoms with Gasteiger partial charge in [0.2, 0.25) is 0 Å². The number of halogens is 1. The lowest BCUT2D eigenvalue weighted by Gasteiger charge is -2.36. The Morgan fingerprint density at radius 3 is 2.58 bits per heavy atom. The summed E-state index contributed by atoms with van der Waals surface area (Å²) >= 11 is 5.99. The van der Waals surface area contributed by atoms with E-state index in [2.05, 4.69) is 31.2 Å². The fraction of sp³-hybridized carbons (Fsp3) is 0.615. The Hall–Kier alpha value is -0.880. The number of pyridine rings is 1. The van der Waals surface area contributed by atoms with E-state index in [1.54, 1.807) is 6.07 Å². The van der Waals surface area contributed by atoms with Gasteiger partial charge in [0, 0.05) is 18.4 Å². The minimum atomic E-state index is -0.272. The lowest BCUT2D eigenvalue weighted by molar-refractivity contribution is -0.0365. The predicted octanol–water partition coefficient (Wildman–Crippen LogP) is 2.27. The zero-order valence-corrected chi connectivity index (χ0v) is 12.7. The van der Waals surface area contributed by atoms with Crippen LogP contribution < -0.4 is 17.0 Å². The fourth-order valence-electron chi connectivity index (χ4n) is 2.08. The Morgan fingerprint density at radius 1 is 1.47 bits per heavy atom. The molecule has 0 spiro atoms. The second-order valence-corrected chi connectivity index (χ2v) is 5.95. The summed E-state index contributed by atoms with van der Waals surface area (Å²) in [6, 6.07) is 1.50. The Labute approximate surface area is 119 Å². The van der Waals surface area contributed by atoms with Crippen LogP contribution in [0.1, 0.15) is 39.3 Å². The Bertz CT molecular complexity index is 420. The number of rotatable bonds is 5. The number of hydrogen-bond donors (Lipinski definition) is 3. The number of nitrogens with two attached hydrogens (primary N) is 2. The smallest absolute Gasteiger partial charge is 0.128 e. The largest absolute Gasteiger partial charge is 0.383 e. The molecule has 6 heteroatoms. The number of nitrogens with zero attached hydrogens (tertiary/aromatic N) is 1. The van der Waals surface area contributed by atoms with Gasteiger partial charge in [-0.25, -0.2) is 4.98 Å². The summed E-state index contributed by atoms with van der Waals surface area (Å²) < 4.78 is 5.84. The number of anilines is 1. The first kappa shape index (κ1) is 16.2. The first-order valence-corrected chi connectivity index (χ1v) is 6.67. The van der Waals surface area contributed by atoms with Crippen molar-refractivity contribution in [3.63, 3.8) is 0 Å². The fourth-order valence-corrected chi connectivity index (χ4v) is 2.25. The van der Waals surface area contributed by atoms with E-state index >= 15 is 0 Å². The molecule has 0 fully saturated rings. The van der Waals surface area contributed by atoms with E-state index in [1.807, 2.05) is 6.92 Å². The van der Waals surface area contributed by atoms with Gasteiger partial charge in [0.1, 0.15) is 5.82 Å². The average Bonchev–Trinajstić information content (AvgIpc) is 2.32. The second kappa shape index (κ2) is 6.52. The van der Waals surface area contributed by atoms with Crippen LogP contribution >= 0.6 is 11.6 Å². The molecule has 19 heavy (non-hydrogen) atoms. The molecule has 0 saturated carbocycles. The molecule has 1 aromatic heterocycles. The molecule has 108 valence electrons. The monoisotopic (exact) mass is 286 g/mol. The lowest BCUT2D eigenvalue weighted by atomic mass is 9.82. The van der Waals surface area contributed by atoms with Crippen LogP contribution in [0.4, 0.5) is 5.82 Å². The molecule has 0 bridgehead atoms. The molecular weight excluding hydrogens is 264 g/mol. The molecule has 2 atom stereocenters. The Kier molecular flexibility index (Phi) is 5.55. The second-order valence-electron chi connectivity index (χ2n) is 5.51. The van der Waals surface area contributed by atoms with Crippen molar-refractivity contribution in [1.29, 1.82) is 0 Å². The maximum Gasteiger partial charge on any atom is 0.128 e. The Balaban J connectivity index is 3.19. The SMILES string of the molecule is CCOC(C(NN)c1cc(Cl)cnc1N)C(C)(C)C. The van der Waals surface area contributed by atoms with Crippen molar-refractivity contribution in [1.82, 2.24) is 10.4 Å². The number of ether oxygens (including phenoxy) is 1. The molecule has 0 radical (unpaired) electrons. The molecule has 1 rings (SSSR count). The molecule has 0 aromatic carbocycles. The van der Waals surface area contributed by atoms with Crippen molar-refractivity contribution in [2.45, 2.75) is 39.8 Å². The van der Waals surface area contributed by atoms with Gasteiger partial charge < -0.3 is 10.5 Å². The first-order chi connectivity index (χ1) is 8.81. The van der Waals surface area contributed by atoms with Gasteiger partial charge in [0.05, 0.1) is 17.2 Å². The molecule has 0 saturated heterocycles. The third kappa shape index (κ3) is 4.04. The standard InChI is InChI=1S/C13H23ClN4O/c1-5-19-11(13(2,3)4)10(18-16)9-6-8(14)7-17-12(9)15/h6-7,10-11,18H,5,16H2,1-4H3,(H2,15,17). The number of hydrazine groups is 1. The summed E-state index contributed by atoms with van der Waals surface area (Å²) in [7, 11) is 0. The van der Waals surface area contributed by atoms with Gasteiger partial charge in [-0.2, -0.15) is 0 Å². The number of nitrogens with one attached hydrogen (secondary N) is 1. The minimum Gasteiger partial charge on any atom is -0.383 e. The molecule has 5 nitrogen and oxygen atoms in total.